The quantitative estimate of drug-likeness (QED) is 0.354. The van der Waals surface area contributed by atoms with Gasteiger partial charge in [-0.15, -0.1) is 0 Å². The van der Waals surface area contributed by atoms with Crippen molar-refractivity contribution in [1.29, 1.82) is 0 Å². The molecule has 0 radical (unpaired) electrons. The van der Waals surface area contributed by atoms with Crippen molar-refractivity contribution in [3.05, 3.63) is 12.2 Å². The van der Waals surface area contributed by atoms with Crippen molar-refractivity contribution in [2.24, 2.45) is 5.41 Å². The molecule has 0 N–H and O–H groups in total. The Bertz CT molecular complexity index is 148. The van der Waals surface area contributed by atoms with Crippen molar-refractivity contribution in [1.82, 2.24) is 0 Å². The second kappa shape index (κ2) is 9.00. The van der Waals surface area contributed by atoms with Crippen LogP contribution in [0.4, 0.5) is 0 Å². The van der Waals surface area contributed by atoms with Gasteiger partial charge in [-0.1, -0.05) is 59.1 Å². The van der Waals surface area contributed by atoms with Crippen molar-refractivity contribution in [2.45, 2.75) is 79.1 Å². The molecule has 0 aromatic carbocycles. The molecule has 0 unspecified atom stereocenters. The first-order valence-electron chi connectivity index (χ1n) is 6.71. The van der Waals surface area contributed by atoms with Gasteiger partial charge < -0.3 is 0 Å². The van der Waals surface area contributed by atoms with E-state index < -0.39 is 0 Å². The van der Waals surface area contributed by atoms with Crippen LogP contribution in [0, 0.1) is 5.41 Å². The van der Waals surface area contributed by atoms with Gasteiger partial charge in [-0.2, -0.15) is 0 Å². The summed E-state index contributed by atoms with van der Waals surface area (Å²) < 4.78 is 0. The summed E-state index contributed by atoms with van der Waals surface area (Å²) in [5.74, 6) is 0. The van der Waals surface area contributed by atoms with Crippen molar-refractivity contribution in [3.63, 3.8) is 0 Å². The smallest absolute Gasteiger partial charge is 0.0351 e. The van der Waals surface area contributed by atoms with Crippen LogP contribution in [0.3, 0.4) is 0 Å². The van der Waals surface area contributed by atoms with Crippen LogP contribution in [-0.4, -0.2) is 0 Å². The maximum Gasteiger partial charge on any atom is -0.0351 e. The Morgan fingerprint density at radius 3 is 1.93 bits per heavy atom. The molecular formula is C15H30. The third-order valence-electron chi connectivity index (χ3n) is 2.69. The molecular weight excluding hydrogens is 180 g/mol. The maximum atomic E-state index is 2.37. The van der Waals surface area contributed by atoms with Crippen LogP contribution >= 0.6 is 0 Å². The molecule has 0 aromatic heterocycles. The van der Waals surface area contributed by atoms with Gasteiger partial charge in [0.15, 0.2) is 0 Å². The highest BCUT2D eigenvalue weighted by atomic mass is 14.1. The van der Waals surface area contributed by atoms with Gasteiger partial charge in [0, 0.05) is 0 Å². The van der Waals surface area contributed by atoms with E-state index >= 15 is 0 Å². The lowest BCUT2D eigenvalue weighted by molar-refractivity contribution is 0.367. The van der Waals surface area contributed by atoms with E-state index in [1.807, 2.05) is 0 Å². The summed E-state index contributed by atoms with van der Waals surface area (Å²) >= 11 is 0. The minimum Gasteiger partial charge on any atom is -0.0885 e. The summed E-state index contributed by atoms with van der Waals surface area (Å²) in [4.78, 5) is 0. The standard InChI is InChI=1S/C15H30/c1-5-6-7-8-9-10-11-12-13-14-15(2,3)4/h10-11H,5-9,12-14H2,1-4H3/b11-10+. The average Bonchev–Trinajstić information content (AvgIpc) is 2.14. The Kier molecular flexibility index (Phi) is 8.85. The van der Waals surface area contributed by atoms with E-state index in [0.717, 1.165) is 0 Å². The first-order valence-corrected chi connectivity index (χ1v) is 6.71. The predicted molar refractivity (Wildman–Crippen MR) is 71.2 cm³/mol. The molecule has 0 nitrogen and oxygen atoms in total. The number of allylic oxidation sites excluding steroid dienone is 2. The van der Waals surface area contributed by atoms with Crippen LogP contribution in [0.1, 0.15) is 79.1 Å². The predicted octanol–water partition coefficient (Wildman–Crippen LogP) is 5.73. The topological polar surface area (TPSA) is 0 Å². The fraction of sp³-hybridized carbons (Fsp3) is 0.867. The van der Waals surface area contributed by atoms with E-state index in [4.69, 9.17) is 0 Å². The van der Waals surface area contributed by atoms with Gasteiger partial charge in [-0.05, 0) is 37.5 Å². The zero-order chi connectivity index (χ0) is 11.6. The Balaban J connectivity index is 3.18. The van der Waals surface area contributed by atoms with Crippen LogP contribution in [0.15, 0.2) is 12.2 Å². The zero-order valence-electron chi connectivity index (χ0n) is 11.3. The van der Waals surface area contributed by atoms with Crippen molar-refractivity contribution in [2.75, 3.05) is 0 Å². The number of hydrogen-bond donors (Lipinski definition) is 0. The molecule has 0 aliphatic heterocycles. The summed E-state index contributed by atoms with van der Waals surface area (Å²) in [6.07, 6.45) is 15.5. The third kappa shape index (κ3) is 13.7. The van der Waals surface area contributed by atoms with Crippen LogP contribution in [0.25, 0.3) is 0 Å². The second-order valence-electron chi connectivity index (χ2n) is 5.77. The lowest BCUT2D eigenvalue weighted by atomic mass is 9.90. The minimum atomic E-state index is 0.509. The van der Waals surface area contributed by atoms with Crippen molar-refractivity contribution < 1.29 is 0 Å². The van der Waals surface area contributed by atoms with E-state index in [0.29, 0.717) is 5.41 Å². The van der Waals surface area contributed by atoms with Gasteiger partial charge in [0.25, 0.3) is 0 Å². The largest absolute Gasteiger partial charge is 0.0885 e. The van der Waals surface area contributed by atoms with Gasteiger partial charge in [0.2, 0.25) is 0 Å². The molecule has 90 valence electrons. The van der Waals surface area contributed by atoms with E-state index in [1.165, 1.54) is 51.4 Å². The first kappa shape index (κ1) is 14.7. The highest BCUT2D eigenvalue weighted by Gasteiger charge is 2.07. The summed E-state index contributed by atoms with van der Waals surface area (Å²) in [5, 5.41) is 0. The lowest BCUT2D eigenvalue weighted by Gasteiger charge is -2.16. The number of rotatable bonds is 8. The molecule has 0 spiro atoms. The first-order chi connectivity index (χ1) is 7.06. The molecule has 0 atom stereocenters. The summed E-state index contributed by atoms with van der Waals surface area (Å²) in [7, 11) is 0. The van der Waals surface area contributed by atoms with Crippen LogP contribution in [0.2, 0.25) is 0 Å². The molecule has 0 heteroatoms. The number of unbranched alkanes of at least 4 members (excludes halogenated alkanes) is 5. The lowest BCUT2D eigenvalue weighted by Crippen LogP contribution is -2.03. The van der Waals surface area contributed by atoms with E-state index in [2.05, 4.69) is 39.8 Å². The molecule has 0 saturated heterocycles. The normalized spacial score (nSPS) is 12.5. The number of hydrogen-bond acceptors (Lipinski definition) is 0. The van der Waals surface area contributed by atoms with Crippen LogP contribution in [-0.2, 0) is 0 Å². The fourth-order valence-corrected chi connectivity index (χ4v) is 1.67. The monoisotopic (exact) mass is 210 g/mol. The van der Waals surface area contributed by atoms with Gasteiger partial charge in [-0.3, -0.25) is 0 Å². The van der Waals surface area contributed by atoms with Gasteiger partial charge in [-0.25, -0.2) is 0 Å². The maximum absolute atomic E-state index is 2.37. The molecule has 0 heterocycles. The summed E-state index contributed by atoms with van der Waals surface area (Å²) in [6.45, 7) is 9.23. The van der Waals surface area contributed by atoms with Gasteiger partial charge in [0.05, 0.1) is 0 Å². The average molecular weight is 210 g/mol. The Morgan fingerprint density at radius 2 is 1.40 bits per heavy atom. The van der Waals surface area contributed by atoms with Gasteiger partial charge in [0.1, 0.15) is 0 Å². The zero-order valence-corrected chi connectivity index (χ0v) is 11.3. The van der Waals surface area contributed by atoms with Crippen LogP contribution < -0.4 is 0 Å². The molecule has 0 aromatic rings. The molecule has 0 rings (SSSR count). The minimum absolute atomic E-state index is 0.509. The molecule has 15 heavy (non-hydrogen) atoms. The highest BCUT2D eigenvalue weighted by Crippen LogP contribution is 2.21. The molecule has 0 saturated carbocycles. The second-order valence-corrected chi connectivity index (χ2v) is 5.77. The Hall–Kier alpha value is -0.260. The molecule has 0 amide bonds. The molecule has 0 bridgehead atoms. The molecule has 0 aliphatic rings. The molecule has 0 aliphatic carbocycles. The van der Waals surface area contributed by atoms with E-state index in [-0.39, 0.29) is 0 Å². The SMILES string of the molecule is CCCCCC/C=C/CCCC(C)(C)C. The third-order valence-corrected chi connectivity index (χ3v) is 2.69. The Morgan fingerprint density at radius 1 is 0.800 bits per heavy atom. The van der Waals surface area contributed by atoms with E-state index in [1.54, 1.807) is 0 Å². The van der Waals surface area contributed by atoms with E-state index in [9.17, 15) is 0 Å². The Labute approximate surface area is 97.2 Å². The van der Waals surface area contributed by atoms with Gasteiger partial charge >= 0.3 is 0 Å². The van der Waals surface area contributed by atoms with Crippen molar-refractivity contribution in [3.8, 4) is 0 Å². The van der Waals surface area contributed by atoms with Crippen LogP contribution in [0.5, 0.6) is 0 Å². The molecule has 0 fully saturated rings. The summed E-state index contributed by atoms with van der Waals surface area (Å²) in [5.41, 5.74) is 0.509. The fourth-order valence-electron chi connectivity index (χ4n) is 1.67. The summed E-state index contributed by atoms with van der Waals surface area (Å²) in [6, 6.07) is 0. The van der Waals surface area contributed by atoms with Crippen molar-refractivity contribution >= 4 is 0 Å². The highest BCUT2D eigenvalue weighted by molar-refractivity contribution is 4.81.